The Kier molecular flexibility index (Phi) is 2.50. The predicted molar refractivity (Wildman–Crippen MR) is 218 cm³/mol. The lowest BCUT2D eigenvalue weighted by atomic mass is 9.83. The van der Waals surface area contributed by atoms with Gasteiger partial charge in [-0.1, -0.05) is 163 Å². The lowest BCUT2D eigenvalue weighted by Crippen LogP contribution is -1.92. The Labute approximate surface area is 336 Å². The molecule has 11 aromatic rings. The third kappa shape index (κ3) is 4.16. The Balaban J connectivity index is 1.45. The van der Waals surface area contributed by atoms with Crippen LogP contribution in [0.5, 0.6) is 0 Å². The van der Waals surface area contributed by atoms with Gasteiger partial charge >= 0.3 is 0 Å². The smallest absolute Gasteiger partial charge is 0.143 e. The van der Waals surface area contributed by atoms with E-state index in [0.717, 1.165) is 0 Å². The molecule has 1 aromatic heterocycles. The molecule has 0 saturated carbocycles. The molecule has 0 spiro atoms. The summed E-state index contributed by atoms with van der Waals surface area (Å²) in [5.41, 5.74) is -6.00. The Morgan fingerprint density at radius 2 is 0.882 bits per heavy atom. The molecule has 1 heteroatoms. The van der Waals surface area contributed by atoms with Crippen molar-refractivity contribution in [3.05, 3.63) is 181 Å². The molecule has 0 N–H and O–H groups in total. The van der Waals surface area contributed by atoms with Crippen LogP contribution in [-0.4, -0.2) is 0 Å². The quantitative estimate of drug-likeness (QED) is 0.170. The van der Waals surface area contributed by atoms with Crippen molar-refractivity contribution in [3.8, 4) is 33.4 Å². The van der Waals surface area contributed by atoms with Gasteiger partial charge in [0, 0.05) is 16.2 Å². The van der Waals surface area contributed by atoms with Gasteiger partial charge in [0.1, 0.15) is 11.2 Å². The molecule has 236 valence electrons. The molecule has 0 bridgehead atoms. The zero-order chi connectivity index (χ0) is 59.6. The summed E-state index contributed by atoms with van der Waals surface area (Å²) in [6.45, 7) is 0. The van der Waals surface area contributed by atoms with Crippen molar-refractivity contribution in [3.63, 3.8) is 0 Å². The highest BCUT2D eigenvalue weighted by atomic mass is 16.3. The van der Waals surface area contributed by atoms with Gasteiger partial charge in [0.25, 0.3) is 0 Å². The second kappa shape index (κ2) is 10.9. The van der Waals surface area contributed by atoms with Crippen molar-refractivity contribution in [1.82, 2.24) is 0 Å². The molecule has 0 aliphatic heterocycles. The lowest BCUT2D eigenvalue weighted by molar-refractivity contribution is 0.673. The first kappa shape index (κ1) is 11.7. The number of fused-ring (bicyclic) bond motifs is 9. The highest BCUT2D eigenvalue weighted by molar-refractivity contribution is 6.25. The first-order valence-electron chi connectivity index (χ1n) is 30.2. The van der Waals surface area contributed by atoms with Crippen LogP contribution in [0.1, 0.15) is 41.1 Å². The van der Waals surface area contributed by atoms with Gasteiger partial charge in [-0.25, -0.2) is 0 Å². The minimum atomic E-state index is -1.15. The number of hydrogen-bond acceptors (Lipinski definition) is 1. The van der Waals surface area contributed by atoms with Crippen LogP contribution in [-0.2, 0) is 0 Å². The third-order valence-electron chi connectivity index (χ3n) is 8.62. The van der Waals surface area contributed by atoms with Gasteiger partial charge in [-0.3, -0.25) is 0 Å². The van der Waals surface area contributed by atoms with Crippen molar-refractivity contribution in [2.45, 2.75) is 0 Å². The molecular formula is C50H30O. The average Bonchev–Trinajstić information content (AvgIpc) is 3.47. The van der Waals surface area contributed by atoms with E-state index in [9.17, 15) is 16.4 Å². The van der Waals surface area contributed by atoms with Gasteiger partial charge < -0.3 is 4.42 Å². The minimum Gasteiger partial charge on any atom is -0.455 e. The molecule has 1 nitrogen and oxygen atoms in total. The summed E-state index contributed by atoms with van der Waals surface area (Å²) in [5, 5.41) is -8.10. The van der Waals surface area contributed by atoms with Gasteiger partial charge in [0.15, 0.2) is 0 Å². The summed E-state index contributed by atoms with van der Waals surface area (Å²) >= 11 is 0. The minimum absolute atomic E-state index is 0.468. The molecule has 0 amide bonds. The first-order valence-corrected chi connectivity index (χ1v) is 15.2. The summed E-state index contributed by atoms with van der Waals surface area (Å²) in [7, 11) is 0. The van der Waals surface area contributed by atoms with E-state index in [0.29, 0.717) is 0 Å². The molecule has 0 aliphatic rings. The van der Waals surface area contributed by atoms with Crippen molar-refractivity contribution < 1.29 is 45.5 Å². The maximum Gasteiger partial charge on any atom is 0.143 e. The highest BCUT2D eigenvalue weighted by Crippen LogP contribution is 2.48. The zero-order valence-electron chi connectivity index (χ0n) is 55.4. The third-order valence-corrected chi connectivity index (χ3v) is 8.62. The van der Waals surface area contributed by atoms with Gasteiger partial charge in [-0.05, 0) is 100.0 Å². The summed E-state index contributed by atoms with van der Waals surface area (Å²) in [6, 6.07) is -28.7. The molecule has 0 aliphatic carbocycles. The second-order valence-corrected chi connectivity index (χ2v) is 11.3. The molecule has 0 fully saturated rings. The van der Waals surface area contributed by atoms with Crippen LogP contribution in [0.25, 0.3) is 109 Å². The number of hydrogen-bond donors (Lipinski definition) is 0. The molecule has 51 heavy (non-hydrogen) atoms. The van der Waals surface area contributed by atoms with Crippen LogP contribution in [0.15, 0.2) is 186 Å². The van der Waals surface area contributed by atoms with E-state index in [-0.39, 0.29) is 0 Å². The second-order valence-electron chi connectivity index (χ2n) is 11.3. The van der Waals surface area contributed by atoms with Gasteiger partial charge in [0.2, 0.25) is 0 Å². The monoisotopic (exact) mass is 676 g/mol. The van der Waals surface area contributed by atoms with E-state index < -0.39 is 290 Å². The van der Waals surface area contributed by atoms with E-state index in [4.69, 9.17) is 29.1 Å². The predicted octanol–water partition coefficient (Wildman–Crippen LogP) is 14.4. The van der Waals surface area contributed by atoms with Gasteiger partial charge in [0.05, 0.1) is 41.1 Å². The Hall–Kier alpha value is -6.70. The summed E-state index contributed by atoms with van der Waals surface area (Å²) in [6.07, 6.45) is 0. The fourth-order valence-electron chi connectivity index (χ4n) is 6.50. The Morgan fingerprint density at radius 3 is 1.61 bits per heavy atom. The van der Waals surface area contributed by atoms with Crippen LogP contribution in [0.2, 0.25) is 0 Å². The summed E-state index contributed by atoms with van der Waals surface area (Å²) < 4.78 is 280. The molecule has 0 radical (unpaired) electrons. The summed E-state index contributed by atoms with van der Waals surface area (Å²) in [5.74, 6) is 0. The van der Waals surface area contributed by atoms with Crippen molar-refractivity contribution in [2.75, 3.05) is 0 Å². The van der Waals surface area contributed by atoms with Crippen LogP contribution < -0.4 is 0 Å². The fourth-order valence-corrected chi connectivity index (χ4v) is 6.50. The SMILES string of the molecule is [2H]c1c([2H])c(-c2c([2H])c([2H])c(-c3c4c([2H])c([2H])c([2H])c([2H])c4c(-c4c([2H])c([2H])c5c([2H])c([2H])c([2H])c([2H])c5c4[2H])c4c([2H])c([2H])c([2H])c([2H])c34)c3c([2H])c([2H])c([2H])c([2H])c23)c2c(oc3c4c([2H])c([2H])c([2H])c([2H])c4c([2H])c([2H])c32)c1[2H]. The molecule has 10 aromatic carbocycles. The molecular weight excluding hydrogens is 617 g/mol. The largest absolute Gasteiger partial charge is 0.455 e. The molecule has 0 unspecified atom stereocenters. The number of furan rings is 1. The fraction of sp³-hybridized carbons (Fsp3) is 0. The molecule has 0 saturated heterocycles. The maximum atomic E-state index is 10.1. The van der Waals surface area contributed by atoms with Crippen LogP contribution in [0.4, 0.5) is 0 Å². The normalized spacial score (nSPS) is 20.2. The highest BCUT2D eigenvalue weighted by Gasteiger charge is 2.21. The van der Waals surface area contributed by atoms with Gasteiger partial charge in [-0.15, -0.1) is 0 Å². The zero-order valence-corrected chi connectivity index (χ0v) is 25.4. The number of benzene rings is 10. The van der Waals surface area contributed by atoms with Gasteiger partial charge in [-0.2, -0.15) is 0 Å². The van der Waals surface area contributed by atoms with Crippen molar-refractivity contribution in [1.29, 1.82) is 0 Å². The lowest BCUT2D eigenvalue weighted by Gasteiger charge is -2.20. The Morgan fingerprint density at radius 1 is 0.333 bits per heavy atom. The van der Waals surface area contributed by atoms with E-state index in [1.54, 1.807) is 0 Å². The average molecular weight is 677 g/mol. The maximum absolute atomic E-state index is 10.1. The van der Waals surface area contributed by atoms with Crippen molar-refractivity contribution >= 4 is 75.8 Å². The standard InChI is InChI=1S/C50H30O/c1-2-14-33-30-34(25-24-31(33)12-1)47-40-18-7-9-20-42(40)48(43-21-10-8-19-41(43)47)44-29-28-38(36-16-5-6-17-37(36)44)39-22-11-23-46-49(39)45-27-26-32-13-3-4-15-35(32)50(45)51-46/h1-30H/i1D,2D,3D,4D,5D,6D,7D,8D,9D,10D,11D,12D,13D,14D,15D,16D,17D,18D,19D,20D,21D,22D,23D,24D,25D,26D,27D,28D,29D,30D. The summed E-state index contributed by atoms with van der Waals surface area (Å²) in [4.78, 5) is 0. The van der Waals surface area contributed by atoms with E-state index in [1.807, 2.05) is 0 Å². The van der Waals surface area contributed by atoms with E-state index >= 15 is 0 Å². The number of rotatable bonds is 3. The van der Waals surface area contributed by atoms with Crippen LogP contribution >= 0.6 is 0 Å². The van der Waals surface area contributed by atoms with Crippen molar-refractivity contribution in [2.24, 2.45) is 0 Å². The van der Waals surface area contributed by atoms with Crippen LogP contribution in [0.3, 0.4) is 0 Å². The van der Waals surface area contributed by atoms with Crippen LogP contribution in [0, 0.1) is 0 Å². The topological polar surface area (TPSA) is 13.1 Å². The van der Waals surface area contributed by atoms with E-state index in [2.05, 4.69) is 0 Å². The first-order chi connectivity index (χ1) is 37.8. The van der Waals surface area contributed by atoms with E-state index in [1.165, 1.54) is 0 Å². The molecule has 11 rings (SSSR count). The molecule has 0 atom stereocenters. The molecule has 1 heterocycles. The Bertz CT molecular complexity index is 4850.